The molecule has 3 aromatic carbocycles. The first-order chi connectivity index (χ1) is 15.8. The first-order valence-corrected chi connectivity index (χ1v) is 12.6. The van der Waals surface area contributed by atoms with Crippen molar-refractivity contribution in [3.05, 3.63) is 82.3 Å². The van der Waals surface area contributed by atoms with Crippen LogP contribution >= 0.6 is 11.8 Å². The van der Waals surface area contributed by atoms with Gasteiger partial charge in [0.25, 0.3) is 5.91 Å². The van der Waals surface area contributed by atoms with Crippen LogP contribution in [0, 0.1) is 6.92 Å². The van der Waals surface area contributed by atoms with E-state index >= 15 is 0 Å². The molecule has 0 spiro atoms. The molecule has 0 unspecified atom stereocenters. The third-order valence-electron chi connectivity index (χ3n) is 5.24. The zero-order chi connectivity index (χ0) is 23.6. The van der Waals surface area contributed by atoms with Crippen LogP contribution in [0.4, 0.5) is 5.69 Å². The first kappa shape index (κ1) is 22.9. The number of carbonyl (C=O) groups excluding carboxylic acids is 1. The summed E-state index contributed by atoms with van der Waals surface area (Å²) >= 11 is 1.31. The van der Waals surface area contributed by atoms with Gasteiger partial charge in [-0.25, -0.2) is 8.42 Å². The van der Waals surface area contributed by atoms with Crippen molar-refractivity contribution in [3.63, 3.8) is 0 Å². The maximum Gasteiger partial charge on any atom is 0.262 e. The van der Waals surface area contributed by atoms with Gasteiger partial charge in [0.1, 0.15) is 11.5 Å². The Morgan fingerprint density at radius 1 is 0.970 bits per heavy atom. The fourth-order valence-electron chi connectivity index (χ4n) is 3.49. The molecule has 1 N–H and O–H groups in total. The number of methoxy groups -OCH3 is 2. The Morgan fingerprint density at radius 2 is 1.64 bits per heavy atom. The van der Waals surface area contributed by atoms with E-state index in [4.69, 9.17) is 9.47 Å². The standard InChI is InChI=1S/C25H23NO5S2/c1-16-7-9-17(10-8-16)13-24-25(27)26-20-14-18(11-12-23(20)32-24)33(28,29)15-19-21(30-2)5-4-6-22(19)31-3/h4-14H,15H2,1-3H3,(H,26,27)/b24-13+. The van der Waals surface area contributed by atoms with Crippen LogP contribution in [0.2, 0.25) is 0 Å². The fraction of sp³-hybridized carbons (Fsp3) is 0.160. The number of fused-ring (bicyclic) bond motifs is 1. The van der Waals surface area contributed by atoms with Crippen molar-refractivity contribution < 1.29 is 22.7 Å². The van der Waals surface area contributed by atoms with Gasteiger partial charge in [-0.3, -0.25) is 4.79 Å². The van der Waals surface area contributed by atoms with E-state index in [1.165, 1.54) is 32.0 Å². The number of nitrogens with one attached hydrogen (secondary N) is 1. The van der Waals surface area contributed by atoms with Gasteiger partial charge < -0.3 is 14.8 Å². The predicted molar refractivity (Wildman–Crippen MR) is 131 cm³/mol. The smallest absolute Gasteiger partial charge is 0.262 e. The second-order valence-corrected chi connectivity index (χ2v) is 10.6. The number of thioether (sulfide) groups is 1. The van der Waals surface area contributed by atoms with Crippen LogP contribution in [0.1, 0.15) is 16.7 Å². The van der Waals surface area contributed by atoms with Gasteiger partial charge in [0.15, 0.2) is 9.84 Å². The quantitative estimate of drug-likeness (QED) is 0.495. The monoisotopic (exact) mass is 481 g/mol. The number of sulfone groups is 1. The van der Waals surface area contributed by atoms with Crippen LogP contribution < -0.4 is 14.8 Å². The normalized spacial score (nSPS) is 14.5. The molecule has 0 bridgehead atoms. The molecule has 0 aromatic heterocycles. The van der Waals surface area contributed by atoms with E-state index < -0.39 is 9.84 Å². The van der Waals surface area contributed by atoms with Gasteiger partial charge in [0.2, 0.25) is 0 Å². The van der Waals surface area contributed by atoms with Gasteiger partial charge in [0.05, 0.1) is 41.0 Å². The lowest BCUT2D eigenvalue weighted by atomic mass is 10.1. The molecule has 1 aliphatic rings. The van der Waals surface area contributed by atoms with Crippen LogP contribution in [0.15, 0.2) is 75.4 Å². The highest BCUT2D eigenvalue weighted by Gasteiger charge is 2.26. The highest BCUT2D eigenvalue weighted by molar-refractivity contribution is 8.04. The molecule has 3 aromatic rings. The molecule has 0 radical (unpaired) electrons. The van der Waals surface area contributed by atoms with E-state index in [1.54, 1.807) is 30.3 Å². The number of amides is 1. The summed E-state index contributed by atoms with van der Waals surface area (Å²) in [4.78, 5) is 14.1. The minimum absolute atomic E-state index is 0.112. The molecular formula is C25H23NO5S2. The molecule has 8 heteroatoms. The van der Waals surface area contributed by atoms with Crippen LogP contribution in [0.5, 0.6) is 11.5 Å². The molecule has 1 aliphatic heterocycles. The fourth-order valence-corrected chi connectivity index (χ4v) is 5.83. The van der Waals surface area contributed by atoms with E-state index in [2.05, 4.69) is 5.32 Å². The number of hydrogen-bond donors (Lipinski definition) is 1. The Kier molecular flexibility index (Phi) is 6.49. The van der Waals surface area contributed by atoms with Crippen LogP contribution in [-0.2, 0) is 20.4 Å². The summed E-state index contributed by atoms with van der Waals surface area (Å²) < 4.78 is 37.1. The van der Waals surface area contributed by atoms with Gasteiger partial charge in [-0.05, 0) is 48.9 Å². The lowest BCUT2D eigenvalue weighted by molar-refractivity contribution is -0.112. The Hall–Kier alpha value is -3.23. The van der Waals surface area contributed by atoms with Crippen molar-refractivity contribution in [2.75, 3.05) is 19.5 Å². The number of benzene rings is 3. The van der Waals surface area contributed by atoms with E-state index in [0.717, 1.165) is 16.0 Å². The lowest BCUT2D eigenvalue weighted by Crippen LogP contribution is -2.18. The van der Waals surface area contributed by atoms with E-state index in [-0.39, 0.29) is 16.6 Å². The molecule has 1 heterocycles. The summed E-state index contributed by atoms with van der Waals surface area (Å²) in [6.07, 6.45) is 1.82. The van der Waals surface area contributed by atoms with Crippen molar-refractivity contribution in [2.24, 2.45) is 0 Å². The molecule has 6 nitrogen and oxygen atoms in total. The van der Waals surface area contributed by atoms with Crippen LogP contribution in [-0.4, -0.2) is 28.5 Å². The number of carbonyl (C=O) groups is 1. The summed E-state index contributed by atoms with van der Waals surface area (Å²) in [5.41, 5.74) is 2.98. The highest BCUT2D eigenvalue weighted by atomic mass is 32.2. The van der Waals surface area contributed by atoms with Crippen molar-refractivity contribution in [1.29, 1.82) is 0 Å². The van der Waals surface area contributed by atoms with Crippen molar-refractivity contribution >= 4 is 39.3 Å². The number of anilines is 1. The summed E-state index contributed by atoms with van der Waals surface area (Å²) in [6, 6.07) is 17.8. The van der Waals surface area contributed by atoms with Crippen molar-refractivity contribution in [2.45, 2.75) is 22.5 Å². The van der Waals surface area contributed by atoms with Crippen molar-refractivity contribution in [3.8, 4) is 11.5 Å². The second-order valence-electron chi connectivity index (χ2n) is 7.53. The summed E-state index contributed by atoms with van der Waals surface area (Å²) in [7, 11) is -0.762. The maximum absolute atomic E-state index is 13.2. The van der Waals surface area contributed by atoms with E-state index in [9.17, 15) is 13.2 Å². The third-order valence-corrected chi connectivity index (χ3v) is 7.98. The molecule has 4 rings (SSSR count). The molecule has 0 saturated heterocycles. The average molecular weight is 482 g/mol. The summed E-state index contributed by atoms with van der Waals surface area (Å²) in [5, 5.41) is 2.82. The van der Waals surface area contributed by atoms with Crippen LogP contribution in [0.3, 0.4) is 0 Å². The molecule has 170 valence electrons. The SMILES string of the molecule is COc1cccc(OC)c1CS(=O)(=O)c1ccc2c(c1)NC(=O)/C(=C\c1ccc(C)cc1)S2. The van der Waals surface area contributed by atoms with Gasteiger partial charge >= 0.3 is 0 Å². The molecule has 0 fully saturated rings. The number of hydrogen-bond acceptors (Lipinski definition) is 6. The van der Waals surface area contributed by atoms with E-state index in [1.807, 2.05) is 37.3 Å². The summed E-state index contributed by atoms with van der Waals surface area (Å²) in [5.74, 6) is 0.309. The third kappa shape index (κ3) is 4.91. The first-order valence-electron chi connectivity index (χ1n) is 10.1. The number of ether oxygens (including phenoxy) is 2. The maximum atomic E-state index is 13.2. The number of aryl methyl sites for hydroxylation is 1. The van der Waals surface area contributed by atoms with Crippen LogP contribution in [0.25, 0.3) is 6.08 Å². The Labute approximate surface area is 197 Å². The molecule has 1 amide bonds. The Balaban J connectivity index is 1.63. The zero-order valence-corrected chi connectivity index (χ0v) is 20.0. The topological polar surface area (TPSA) is 81.7 Å². The van der Waals surface area contributed by atoms with Gasteiger partial charge in [-0.1, -0.05) is 47.7 Å². The molecule has 0 saturated carbocycles. The van der Waals surface area contributed by atoms with E-state index in [0.29, 0.717) is 27.7 Å². The highest BCUT2D eigenvalue weighted by Crippen LogP contribution is 2.41. The second kappa shape index (κ2) is 9.33. The lowest BCUT2D eigenvalue weighted by Gasteiger charge is -2.20. The minimum Gasteiger partial charge on any atom is -0.496 e. The Morgan fingerprint density at radius 3 is 2.27 bits per heavy atom. The largest absolute Gasteiger partial charge is 0.496 e. The molecule has 0 atom stereocenters. The number of rotatable bonds is 6. The minimum atomic E-state index is -3.73. The van der Waals surface area contributed by atoms with Gasteiger partial charge in [-0.2, -0.15) is 0 Å². The zero-order valence-electron chi connectivity index (χ0n) is 18.4. The predicted octanol–water partition coefficient (Wildman–Crippen LogP) is 5.07. The molecule has 33 heavy (non-hydrogen) atoms. The van der Waals surface area contributed by atoms with Gasteiger partial charge in [0, 0.05) is 4.90 Å². The molecular weight excluding hydrogens is 458 g/mol. The van der Waals surface area contributed by atoms with Crippen molar-refractivity contribution in [1.82, 2.24) is 0 Å². The Bertz CT molecular complexity index is 1320. The molecule has 0 aliphatic carbocycles. The van der Waals surface area contributed by atoms with Gasteiger partial charge in [-0.15, -0.1) is 0 Å². The summed E-state index contributed by atoms with van der Waals surface area (Å²) in [6.45, 7) is 2.00. The average Bonchev–Trinajstić information content (AvgIpc) is 2.80.